The van der Waals surface area contributed by atoms with Gasteiger partial charge in [0, 0.05) is 21.4 Å². The normalized spacial score (nSPS) is 13.5. The van der Waals surface area contributed by atoms with Gasteiger partial charge in [0.15, 0.2) is 14.7 Å². The van der Waals surface area contributed by atoms with E-state index in [0.29, 0.717) is 0 Å². The first-order chi connectivity index (χ1) is 19.5. The van der Waals surface area contributed by atoms with Crippen molar-refractivity contribution in [1.82, 2.24) is 0 Å². The summed E-state index contributed by atoms with van der Waals surface area (Å²) in [4.78, 5) is 18.1. The zero-order chi connectivity index (χ0) is 29.3. The van der Waals surface area contributed by atoms with Crippen molar-refractivity contribution >= 4 is 32.0 Å². The van der Waals surface area contributed by atoms with Crippen LogP contribution in [0.5, 0.6) is 0 Å². The summed E-state index contributed by atoms with van der Waals surface area (Å²) >= 11 is 0. The highest BCUT2D eigenvalue weighted by Crippen LogP contribution is 2.45. The molecule has 0 atom stereocenters. The van der Waals surface area contributed by atoms with E-state index in [4.69, 9.17) is 0 Å². The summed E-state index contributed by atoms with van der Waals surface area (Å²) in [7, 11) is -1.51. The van der Waals surface area contributed by atoms with Crippen molar-refractivity contribution < 1.29 is 18.0 Å². The van der Waals surface area contributed by atoms with Crippen LogP contribution >= 0.6 is 10.5 Å². The molecule has 0 heterocycles. The maximum Gasteiger partial charge on any atom is 0.454 e. The topological polar surface area (TPSA) is 17.1 Å². The van der Waals surface area contributed by atoms with E-state index in [-0.39, 0.29) is 5.57 Å². The number of hydrogen-bond acceptors (Lipinski definition) is 1. The van der Waals surface area contributed by atoms with Gasteiger partial charge in [0.1, 0.15) is 10.9 Å². The fraction of sp³-hybridized carbons (Fsp3) is 0.143. The average Bonchev–Trinajstić information content (AvgIpc) is 3.36. The molecular formula is C35H30F3OS2+. The lowest BCUT2D eigenvalue weighted by Crippen LogP contribution is -2.23. The molecule has 208 valence electrons. The van der Waals surface area contributed by atoms with E-state index in [9.17, 15) is 18.0 Å². The highest BCUT2D eigenvalue weighted by atomic mass is 32.2. The number of allylic oxidation sites excluding steroid dienone is 4. The van der Waals surface area contributed by atoms with Crippen LogP contribution in [0.1, 0.15) is 22.3 Å². The summed E-state index contributed by atoms with van der Waals surface area (Å²) in [5.41, 5.74) is 4.05. The number of halogens is 3. The fourth-order valence-electron chi connectivity index (χ4n) is 4.56. The Bertz CT molecular complexity index is 1580. The van der Waals surface area contributed by atoms with Crippen LogP contribution in [0.4, 0.5) is 13.2 Å². The minimum atomic E-state index is -4.97. The Morgan fingerprint density at radius 2 is 0.951 bits per heavy atom. The summed E-state index contributed by atoms with van der Waals surface area (Å²) in [6.07, 6.45) is -2.01. The predicted molar refractivity (Wildman–Crippen MR) is 165 cm³/mol. The summed E-state index contributed by atoms with van der Waals surface area (Å²) in [6, 6.07) is 32.5. The largest absolute Gasteiger partial charge is 0.454 e. The van der Waals surface area contributed by atoms with E-state index < -0.39 is 33.3 Å². The number of alkyl halides is 3. The lowest BCUT2D eigenvalue weighted by molar-refractivity contribution is -0.166. The first-order valence-corrected chi connectivity index (χ1v) is 15.6. The lowest BCUT2D eigenvalue weighted by atomic mass is 10.2. The molecule has 0 saturated carbocycles. The van der Waals surface area contributed by atoms with Crippen LogP contribution in [0.15, 0.2) is 139 Å². The van der Waals surface area contributed by atoms with Gasteiger partial charge in [-0.2, -0.15) is 13.2 Å². The Labute approximate surface area is 244 Å². The third-order valence-corrected chi connectivity index (χ3v) is 11.5. The summed E-state index contributed by atoms with van der Waals surface area (Å²) in [5, 5.41) is 0. The van der Waals surface area contributed by atoms with Gasteiger partial charge in [0.25, 0.3) is 5.78 Å². The molecule has 1 aliphatic carbocycles. The summed E-state index contributed by atoms with van der Waals surface area (Å²) in [5.74, 6) is -1.82. The maximum absolute atomic E-state index is 13.8. The molecular weight excluding hydrogens is 558 g/mol. The molecule has 1 aliphatic rings. The lowest BCUT2D eigenvalue weighted by Gasteiger charge is -2.17. The molecule has 6 heteroatoms. The molecule has 0 spiro atoms. The van der Waals surface area contributed by atoms with Gasteiger partial charge in [-0.25, -0.2) is 0 Å². The molecule has 0 unspecified atom stereocenters. The van der Waals surface area contributed by atoms with Gasteiger partial charge in [-0.3, -0.25) is 4.79 Å². The zero-order valence-corrected chi connectivity index (χ0v) is 24.9. The second-order valence-corrected chi connectivity index (χ2v) is 14.2. The van der Waals surface area contributed by atoms with Crippen LogP contribution in [0, 0.1) is 27.7 Å². The highest BCUT2D eigenvalue weighted by Gasteiger charge is 2.45. The van der Waals surface area contributed by atoms with Crippen molar-refractivity contribution in [1.29, 1.82) is 0 Å². The van der Waals surface area contributed by atoms with Gasteiger partial charge in [0.05, 0.1) is 4.86 Å². The third-order valence-electron chi connectivity index (χ3n) is 6.80. The monoisotopic (exact) mass is 587 g/mol. The Morgan fingerprint density at radius 1 is 0.585 bits per heavy atom. The van der Waals surface area contributed by atoms with Crippen LogP contribution in [0.3, 0.4) is 0 Å². The predicted octanol–water partition coefficient (Wildman–Crippen LogP) is 9.47. The highest BCUT2D eigenvalue weighted by molar-refractivity contribution is 8.18. The molecule has 0 fully saturated rings. The van der Waals surface area contributed by atoms with E-state index in [1.807, 2.05) is 125 Å². The number of benzene rings is 4. The van der Waals surface area contributed by atoms with Crippen LogP contribution < -0.4 is 0 Å². The first-order valence-electron chi connectivity index (χ1n) is 13.2. The Morgan fingerprint density at radius 3 is 1.32 bits per heavy atom. The molecule has 1 nitrogen and oxygen atoms in total. The smallest absolute Gasteiger partial charge is 0.284 e. The van der Waals surface area contributed by atoms with E-state index in [1.54, 1.807) is 0 Å². The van der Waals surface area contributed by atoms with E-state index in [2.05, 4.69) is 0 Å². The zero-order valence-electron chi connectivity index (χ0n) is 23.3. The van der Waals surface area contributed by atoms with Gasteiger partial charge in [-0.1, -0.05) is 70.8 Å². The molecule has 0 saturated heterocycles. The van der Waals surface area contributed by atoms with Gasteiger partial charge >= 0.3 is 6.18 Å². The Hall–Kier alpha value is -3.61. The molecule has 0 aliphatic heterocycles. The van der Waals surface area contributed by atoms with Gasteiger partial charge < -0.3 is 0 Å². The quantitative estimate of drug-likeness (QED) is 0.162. The Balaban J connectivity index is 1.85. The number of rotatable bonds is 6. The SMILES string of the molecule is Cc1ccc(S(=C2C=C(C(=O)C(F)(F)F)C=C2[S+](c2ccc(C)cc2)c2ccc(C)cc2)c2ccc(C)cc2)cc1. The standard InChI is InChI=1S/C35H30F3OS2/c1-23-5-13-28(14-6-23)40(29-15-7-24(2)8-16-29)32-21-27(34(39)35(36,37)38)22-33(32)41(30-17-9-25(3)10-18-30)31-19-11-26(4)12-20-31/h5-22H,1-4H3/q+1. The molecule has 4 aromatic rings. The Kier molecular flexibility index (Phi) is 8.25. The molecule has 41 heavy (non-hydrogen) atoms. The van der Waals surface area contributed by atoms with Crippen molar-refractivity contribution in [2.45, 2.75) is 53.5 Å². The van der Waals surface area contributed by atoms with Crippen molar-refractivity contribution in [3.63, 3.8) is 0 Å². The van der Waals surface area contributed by atoms with Gasteiger partial charge in [-0.05, 0) is 82.3 Å². The molecule has 0 amide bonds. The molecule has 0 bridgehead atoms. The first kappa shape index (κ1) is 28.9. The van der Waals surface area contributed by atoms with Crippen molar-refractivity contribution in [2.24, 2.45) is 0 Å². The second-order valence-electron chi connectivity index (χ2n) is 10.2. The molecule has 0 radical (unpaired) electrons. The molecule has 0 N–H and O–H groups in total. The van der Waals surface area contributed by atoms with E-state index >= 15 is 0 Å². The van der Waals surface area contributed by atoms with Crippen LogP contribution in [0.25, 0.3) is 0 Å². The number of carbonyl (C=O) groups is 1. The van der Waals surface area contributed by atoms with Crippen molar-refractivity contribution in [3.8, 4) is 0 Å². The number of hydrogen-bond donors (Lipinski definition) is 0. The average molecular weight is 588 g/mol. The van der Waals surface area contributed by atoms with Crippen LogP contribution in [-0.2, 0) is 15.7 Å². The molecule has 0 aromatic heterocycles. The molecule has 5 rings (SSSR count). The van der Waals surface area contributed by atoms with Crippen molar-refractivity contribution in [3.05, 3.63) is 142 Å². The minimum Gasteiger partial charge on any atom is -0.284 e. The van der Waals surface area contributed by atoms with E-state index in [0.717, 1.165) is 51.6 Å². The van der Waals surface area contributed by atoms with Gasteiger partial charge in [-0.15, -0.1) is 10.5 Å². The maximum atomic E-state index is 13.8. The van der Waals surface area contributed by atoms with Crippen LogP contribution in [-0.4, -0.2) is 16.8 Å². The number of aryl methyl sites for hydroxylation is 4. The third kappa shape index (κ3) is 6.34. The number of Topliss-reactive ketones (excluding diaryl/α,β-unsaturated/α-hetero) is 1. The summed E-state index contributed by atoms with van der Waals surface area (Å²) < 4.78 is 41.4. The second kappa shape index (κ2) is 11.7. The fourth-order valence-corrected chi connectivity index (χ4v) is 9.26. The molecule has 4 aromatic carbocycles. The minimum absolute atomic E-state index is 0.323. The van der Waals surface area contributed by atoms with E-state index in [1.165, 1.54) is 12.2 Å². The van der Waals surface area contributed by atoms with Gasteiger partial charge in [0.2, 0.25) is 0 Å². The number of carbonyl (C=O) groups excluding carboxylic acids is 1. The number of ketones is 1. The summed E-state index contributed by atoms with van der Waals surface area (Å²) in [6.45, 7) is 8.03. The van der Waals surface area contributed by atoms with Crippen molar-refractivity contribution in [2.75, 3.05) is 0 Å². The van der Waals surface area contributed by atoms with Crippen LogP contribution in [0.2, 0.25) is 0 Å².